The molecule has 2 aliphatic rings. The van der Waals surface area contributed by atoms with Crippen LogP contribution in [-0.2, 0) is 16.0 Å². The molecule has 0 radical (unpaired) electrons. The molecule has 0 fully saturated rings. The summed E-state index contributed by atoms with van der Waals surface area (Å²) >= 11 is 6.41. The Morgan fingerprint density at radius 3 is 2.50 bits per heavy atom. The number of hydrogen-bond donors (Lipinski definition) is 2. The highest BCUT2D eigenvalue weighted by molar-refractivity contribution is 6.31. The van der Waals surface area contributed by atoms with Crippen molar-refractivity contribution in [1.82, 2.24) is 15.5 Å². The molecule has 36 heavy (non-hydrogen) atoms. The second-order valence-corrected chi connectivity index (χ2v) is 9.11. The minimum Gasteiger partial charge on any atom is -0.491 e. The summed E-state index contributed by atoms with van der Waals surface area (Å²) in [6.07, 6.45) is 0.822. The summed E-state index contributed by atoms with van der Waals surface area (Å²) in [4.78, 5) is 40.0. The lowest BCUT2D eigenvalue weighted by atomic mass is 10.1. The largest absolute Gasteiger partial charge is 0.491 e. The predicted molar refractivity (Wildman–Crippen MR) is 134 cm³/mol. The second kappa shape index (κ2) is 12.0. The molecule has 0 bridgehead atoms. The molecule has 9 nitrogen and oxygen atoms in total. The van der Waals surface area contributed by atoms with E-state index < -0.39 is 0 Å². The van der Waals surface area contributed by atoms with E-state index in [2.05, 4.69) is 10.6 Å². The first-order valence-corrected chi connectivity index (χ1v) is 12.4. The van der Waals surface area contributed by atoms with Gasteiger partial charge in [0.1, 0.15) is 25.6 Å². The van der Waals surface area contributed by atoms with Crippen LogP contribution in [0, 0.1) is 6.92 Å². The summed E-state index contributed by atoms with van der Waals surface area (Å²) in [6.45, 7) is 4.25. The molecule has 2 N–H and O–H groups in total. The minimum absolute atomic E-state index is 0.0610. The molecule has 2 heterocycles. The number of nitrogens with zero attached hydrogens (tertiary/aromatic N) is 1. The third-order valence-electron chi connectivity index (χ3n) is 5.97. The van der Waals surface area contributed by atoms with Crippen LogP contribution in [-0.4, -0.2) is 68.6 Å². The normalized spacial score (nSPS) is 17.0. The van der Waals surface area contributed by atoms with Gasteiger partial charge in [-0.15, -0.1) is 0 Å². The van der Waals surface area contributed by atoms with Crippen molar-refractivity contribution in [1.29, 1.82) is 0 Å². The lowest BCUT2D eigenvalue weighted by Gasteiger charge is -2.24. The fourth-order valence-electron chi connectivity index (χ4n) is 4.09. The zero-order valence-electron chi connectivity index (χ0n) is 20.2. The zero-order valence-corrected chi connectivity index (χ0v) is 21.0. The summed E-state index contributed by atoms with van der Waals surface area (Å²) in [5.74, 6) is 1.01. The van der Waals surface area contributed by atoms with Crippen LogP contribution in [0.4, 0.5) is 0 Å². The molecule has 2 aliphatic heterocycles. The summed E-state index contributed by atoms with van der Waals surface area (Å²) in [6, 6.07) is 8.76. The van der Waals surface area contributed by atoms with Crippen LogP contribution in [0.3, 0.4) is 0 Å². The van der Waals surface area contributed by atoms with Crippen LogP contribution in [0.5, 0.6) is 17.2 Å². The Bertz CT molecular complexity index is 1140. The molecule has 3 amide bonds. The first-order valence-electron chi connectivity index (χ1n) is 12.0. The molecule has 0 atom stereocenters. The van der Waals surface area contributed by atoms with E-state index in [1.807, 2.05) is 13.0 Å². The van der Waals surface area contributed by atoms with Crippen molar-refractivity contribution in [3.63, 3.8) is 0 Å². The first-order chi connectivity index (χ1) is 17.4. The number of rotatable bonds is 2. The Morgan fingerprint density at radius 2 is 1.69 bits per heavy atom. The van der Waals surface area contributed by atoms with Gasteiger partial charge in [-0.25, -0.2) is 0 Å². The number of nitrogens with one attached hydrogen (secondary N) is 2. The summed E-state index contributed by atoms with van der Waals surface area (Å²) in [5.41, 5.74) is 1.97. The number of benzene rings is 2. The van der Waals surface area contributed by atoms with Crippen LogP contribution in [0.2, 0.25) is 5.02 Å². The van der Waals surface area contributed by atoms with E-state index in [0.717, 1.165) is 5.56 Å². The van der Waals surface area contributed by atoms with Crippen molar-refractivity contribution >= 4 is 29.3 Å². The number of amides is 3. The zero-order chi connectivity index (χ0) is 25.5. The predicted octanol–water partition coefficient (Wildman–Crippen LogP) is 2.51. The van der Waals surface area contributed by atoms with Crippen LogP contribution >= 0.6 is 11.6 Å². The van der Waals surface area contributed by atoms with Crippen molar-refractivity contribution in [2.45, 2.75) is 26.2 Å². The quantitative estimate of drug-likeness (QED) is 0.636. The fraction of sp³-hybridized carbons (Fsp3) is 0.423. The van der Waals surface area contributed by atoms with Crippen molar-refractivity contribution in [2.75, 3.05) is 46.0 Å². The number of carbonyl (C=O) groups excluding carboxylic acids is 3. The highest BCUT2D eigenvalue weighted by Crippen LogP contribution is 2.35. The van der Waals surface area contributed by atoms with Crippen molar-refractivity contribution < 1.29 is 28.6 Å². The number of halogens is 1. The Kier molecular flexibility index (Phi) is 8.53. The van der Waals surface area contributed by atoms with Crippen LogP contribution < -0.4 is 24.8 Å². The van der Waals surface area contributed by atoms with Gasteiger partial charge < -0.3 is 29.7 Å². The molecule has 4 rings (SSSR count). The molecule has 2 aromatic carbocycles. The highest BCUT2D eigenvalue weighted by atomic mass is 35.5. The molecular weight excluding hydrogens is 486 g/mol. The number of fused-ring (bicyclic) bond motifs is 2. The topological polar surface area (TPSA) is 106 Å². The van der Waals surface area contributed by atoms with Gasteiger partial charge >= 0.3 is 0 Å². The van der Waals surface area contributed by atoms with Gasteiger partial charge in [-0.05, 0) is 37.1 Å². The fourth-order valence-corrected chi connectivity index (χ4v) is 4.31. The Morgan fingerprint density at radius 1 is 0.944 bits per heavy atom. The number of ether oxygens (including phenoxy) is 3. The smallest absolute Gasteiger partial charge is 0.255 e. The average molecular weight is 516 g/mol. The average Bonchev–Trinajstić information content (AvgIpc) is 2.86. The van der Waals surface area contributed by atoms with E-state index >= 15 is 0 Å². The molecule has 192 valence electrons. The van der Waals surface area contributed by atoms with E-state index in [1.165, 1.54) is 0 Å². The van der Waals surface area contributed by atoms with Crippen molar-refractivity contribution in [3.05, 3.63) is 52.0 Å². The second-order valence-electron chi connectivity index (χ2n) is 8.70. The van der Waals surface area contributed by atoms with Crippen molar-refractivity contribution in [2.24, 2.45) is 0 Å². The lowest BCUT2D eigenvalue weighted by molar-refractivity contribution is -0.131. The van der Waals surface area contributed by atoms with Gasteiger partial charge in [0.2, 0.25) is 11.8 Å². The van der Waals surface area contributed by atoms with E-state index in [1.54, 1.807) is 29.2 Å². The van der Waals surface area contributed by atoms with Gasteiger partial charge in [0.15, 0.2) is 11.5 Å². The molecular formula is C26H30ClN3O6. The molecule has 0 saturated carbocycles. The van der Waals surface area contributed by atoms with Gasteiger partial charge in [0.25, 0.3) is 5.91 Å². The SMILES string of the molecule is Cc1ccc2c(c1)C(=O)NCCN(C(=O)Cc1cc3c(cc1Cl)OCCO3)CCCC(=O)NCCO2. The summed E-state index contributed by atoms with van der Waals surface area (Å²) in [7, 11) is 0. The monoisotopic (exact) mass is 515 g/mol. The molecule has 0 saturated heterocycles. The third-order valence-corrected chi connectivity index (χ3v) is 6.32. The maximum atomic E-state index is 13.3. The molecule has 0 unspecified atom stereocenters. The number of carbonyl (C=O) groups is 3. The summed E-state index contributed by atoms with van der Waals surface area (Å²) < 4.78 is 16.9. The maximum absolute atomic E-state index is 13.3. The van der Waals surface area contributed by atoms with Gasteiger partial charge in [-0.3, -0.25) is 14.4 Å². The molecule has 0 spiro atoms. The van der Waals surface area contributed by atoms with E-state index in [9.17, 15) is 14.4 Å². The summed E-state index contributed by atoms with van der Waals surface area (Å²) in [5, 5.41) is 6.12. The van der Waals surface area contributed by atoms with Gasteiger partial charge in [-0.2, -0.15) is 0 Å². The highest BCUT2D eigenvalue weighted by Gasteiger charge is 2.21. The van der Waals surface area contributed by atoms with Crippen LogP contribution in [0.1, 0.15) is 34.3 Å². The molecule has 0 aliphatic carbocycles. The van der Waals surface area contributed by atoms with Gasteiger partial charge in [0.05, 0.1) is 18.5 Å². The lowest BCUT2D eigenvalue weighted by Crippen LogP contribution is -2.40. The first kappa shape index (κ1) is 25.6. The number of aryl methyl sites for hydroxylation is 1. The van der Waals surface area contributed by atoms with Crippen LogP contribution in [0.25, 0.3) is 0 Å². The van der Waals surface area contributed by atoms with E-state index in [4.69, 9.17) is 25.8 Å². The third kappa shape index (κ3) is 6.60. The van der Waals surface area contributed by atoms with Crippen LogP contribution in [0.15, 0.2) is 30.3 Å². The van der Waals surface area contributed by atoms with Crippen molar-refractivity contribution in [3.8, 4) is 17.2 Å². The van der Waals surface area contributed by atoms with Gasteiger partial charge in [-0.1, -0.05) is 23.2 Å². The minimum atomic E-state index is -0.283. The Labute approximate surface area is 215 Å². The van der Waals surface area contributed by atoms with E-state index in [0.29, 0.717) is 66.1 Å². The standard InChI is InChI=1S/C26H30ClN3O6/c1-17-4-5-21-19(13-17)26(33)29-6-9-30(8-2-3-24(31)28-7-10-34-21)25(32)15-18-14-22-23(16-20(18)27)36-12-11-35-22/h4-5,13-14,16H,2-3,6-12,15H2,1H3,(H,28,31)(H,29,33). The van der Waals surface area contributed by atoms with E-state index in [-0.39, 0.29) is 50.3 Å². The maximum Gasteiger partial charge on any atom is 0.255 e. The Hall–Kier alpha value is -3.46. The molecule has 0 aromatic heterocycles. The molecule has 2 aromatic rings. The Balaban J connectivity index is 1.48. The number of hydrogen-bond acceptors (Lipinski definition) is 6. The molecule has 10 heteroatoms. The van der Waals surface area contributed by atoms with Gasteiger partial charge in [0, 0.05) is 37.1 Å².